The Labute approximate surface area is 199 Å². The van der Waals surface area contributed by atoms with Crippen molar-refractivity contribution >= 4 is 16.8 Å². The van der Waals surface area contributed by atoms with Crippen LogP contribution in [0.2, 0.25) is 0 Å². The van der Waals surface area contributed by atoms with Crippen molar-refractivity contribution in [1.82, 2.24) is 15.6 Å². The first-order valence-corrected chi connectivity index (χ1v) is 11.7. The largest absolute Gasteiger partial charge is 0.497 e. The van der Waals surface area contributed by atoms with Gasteiger partial charge in [0.15, 0.2) is 0 Å². The molecule has 1 saturated carbocycles. The first-order chi connectivity index (χ1) is 16.6. The molecule has 0 radical (unpaired) electrons. The van der Waals surface area contributed by atoms with Gasteiger partial charge in [-0.25, -0.2) is 0 Å². The number of ether oxygens (including phenoxy) is 1. The molecule has 6 rings (SSSR count). The van der Waals surface area contributed by atoms with E-state index in [0.29, 0.717) is 11.3 Å². The second-order valence-electron chi connectivity index (χ2n) is 8.89. The standard InChI is InChI=1S/C25H22N2O3.C3H7N/c1-16-7-8-18(29-2)15-20(16)24(28)27-25(9-10-25)21-13-17(23-6-4-12-30-23)14-22-19(21)5-3-11-26-22;1-2-4-3-1/h3-8,11-15H,9-10H2,1-2H3,(H,27,28);4H,1-3H2. The summed E-state index contributed by atoms with van der Waals surface area (Å²) in [5, 5.41) is 7.46. The van der Waals surface area contributed by atoms with Gasteiger partial charge in [-0.3, -0.25) is 9.78 Å². The molecule has 1 amide bonds. The number of amides is 1. The fraction of sp³-hybridized carbons (Fsp3) is 0.286. The Morgan fingerprint density at radius 2 is 1.91 bits per heavy atom. The molecule has 1 aliphatic carbocycles. The van der Waals surface area contributed by atoms with Crippen LogP contribution in [0.15, 0.2) is 71.5 Å². The summed E-state index contributed by atoms with van der Waals surface area (Å²) in [6.45, 7) is 4.44. The Morgan fingerprint density at radius 1 is 1.12 bits per heavy atom. The van der Waals surface area contributed by atoms with E-state index in [1.165, 1.54) is 19.5 Å². The molecule has 2 aliphatic rings. The molecule has 3 heterocycles. The van der Waals surface area contributed by atoms with Gasteiger partial charge in [-0.2, -0.15) is 0 Å². The van der Waals surface area contributed by atoms with Crippen LogP contribution in [0.5, 0.6) is 5.75 Å². The number of furan rings is 1. The third kappa shape index (κ3) is 4.41. The minimum Gasteiger partial charge on any atom is -0.497 e. The van der Waals surface area contributed by atoms with Crippen LogP contribution >= 0.6 is 0 Å². The van der Waals surface area contributed by atoms with E-state index >= 15 is 0 Å². The summed E-state index contributed by atoms with van der Waals surface area (Å²) < 4.78 is 10.9. The molecule has 174 valence electrons. The zero-order valence-electron chi connectivity index (χ0n) is 19.6. The lowest BCUT2D eigenvalue weighted by atomic mass is 9.95. The van der Waals surface area contributed by atoms with Crippen molar-refractivity contribution in [3.05, 3.63) is 83.7 Å². The van der Waals surface area contributed by atoms with E-state index in [4.69, 9.17) is 9.15 Å². The van der Waals surface area contributed by atoms with Gasteiger partial charge in [0, 0.05) is 22.7 Å². The average molecular weight is 456 g/mol. The van der Waals surface area contributed by atoms with Crippen molar-refractivity contribution in [2.75, 3.05) is 20.2 Å². The van der Waals surface area contributed by atoms with E-state index in [2.05, 4.69) is 27.8 Å². The van der Waals surface area contributed by atoms with E-state index < -0.39 is 5.54 Å². The van der Waals surface area contributed by atoms with E-state index in [1.54, 1.807) is 25.6 Å². The van der Waals surface area contributed by atoms with Gasteiger partial charge in [0.1, 0.15) is 11.5 Å². The molecule has 2 N–H and O–H groups in total. The van der Waals surface area contributed by atoms with Crippen LogP contribution in [0.3, 0.4) is 0 Å². The van der Waals surface area contributed by atoms with Crippen molar-refractivity contribution < 1.29 is 13.9 Å². The Morgan fingerprint density at radius 3 is 2.56 bits per heavy atom. The first-order valence-electron chi connectivity index (χ1n) is 11.7. The molecule has 0 atom stereocenters. The maximum absolute atomic E-state index is 13.2. The molecule has 2 aromatic carbocycles. The Hall–Kier alpha value is -3.64. The molecule has 2 aromatic heterocycles. The number of hydrogen-bond donors (Lipinski definition) is 2. The van der Waals surface area contributed by atoms with Crippen LogP contribution < -0.4 is 15.4 Å². The number of carbonyl (C=O) groups excluding carboxylic acids is 1. The number of aryl methyl sites for hydroxylation is 1. The van der Waals surface area contributed by atoms with Crippen LogP contribution in [0.4, 0.5) is 0 Å². The van der Waals surface area contributed by atoms with Crippen molar-refractivity contribution in [2.45, 2.75) is 31.7 Å². The number of pyridine rings is 1. The highest BCUT2D eigenvalue weighted by Crippen LogP contribution is 2.49. The number of rotatable bonds is 5. The number of hydrogen-bond acceptors (Lipinski definition) is 5. The highest BCUT2D eigenvalue weighted by molar-refractivity contribution is 5.98. The summed E-state index contributed by atoms with van der Waals surface area (Å²) >= 11 is 0. The molecule has 34 heavy (non-hydrogen) atoms. The third-order valence-electron chi connectivity index (χ3n) is 6.54. The maximum Gasteiger partial charge on any atom is 0.252 e. The molecule has 1 aliphatic heterocycles. The number of nitrogens with zero attached hydrogens (tertiary/aromatic N) is 1. The molecular weight excluding hydrogens is 426 g/mol. The fourth-order valence-electron chi connectivity index (χ4n) is 4.18. The van der Waals surface area contributed by atoms with E-state index in [1.807, 2.05) is 43.3 Å². The van der Waals surface area contributed by atoms with Gasteiger partial charge in [-0.05, 0) is 92.9 Å². The van der Waals surface area contributed by atoms with Crippen molar-refractivity contribution in [2.24, 2.45) is 0 Å². The molecule has 0 bridgehead atoms. The summed E-state index contributed by atoms with van der Waals surface area (Å²) in [6, 6.07) is 17.5. The zero-order chi connectivity index (χ0) is 23.5. The van der Waals surface area contributed by atoms with Crippen LogP contribution in [0.25, 0.3) is 22.2 Å². The molecule has 1 saturated heterocycles. The third-order valence-corrected chi connectivity index (χ3v) is 6.54. The van der Waals surface area contributed by atoms with Gasteiger partial charge >= 0.3 is 0 Å². The van der Waals surface area contributed by atoms with Crippen LogP contribution in [0, 0.1) is 6.92 Å². The summed E-state index contributed by atoms with van der Waals surface area (Å²) in [6.07, 6.45) is 6.61. The van der Waals surface area contributed by atoms with Crippen LogP contribution in [-0.2, 0) is 5.54 Å². The van der Waals surface area contributed by atoms with E-state index in [0.717, 1.165) is 46.2 Å². The van der Waals surface area contributed by atoms with Gasteiger partial charge in [0.05, 0.1) is 24.4 Å². The summed E-state index contributed by atoms with van der Waals surface area (Å²) in [5.74, 6) is 1.36. The molecule has 0 spiro atoms. The average Bonchev–Trinajstić information content (AvgIpc) is 3.37. The van der Waals surface area contributed by atoms with E-state index in [9.17, 15) is 4.79 Å². The van der Waals surface area contributed by atoms with Gasteiger partial charge in [-0.1, -0.05) is 12.1 Å². The van der Waals surface area contributed by atoms with Crippen LogP contribution in [0.1, 0.15) is 40.7 Å². The Kier molecular flexibility index (Phi) is 6.07. The zero-order valence-corrected chi connectivity index (χ0v) is 19.6. The quantitative estimate of drug-likeness (QED) is 0.432. The monoisotopic (exact) mass is 455 g/mol. The molecule has 2 fully saturated rings. The molecule has 6 heteroatoms. The van der Waals surface area contributed by atoms with Gasteiger partial charge in [0.2, 0.25) is 0 Å². The summed E-state index contributed by atoms with van der Waals surface area (Å²) in [5.41, 5.74) is 4.06. The highest BCUT2D eigenvalue weighted by Gasteiger charge is 2.47. The second-order valence-corrected chi connectivity index (χ2v) is 8.89. The number of methoxy groups -OCH3 is 1. The topological polar surface area (TPSA) is 76.4 Å². The number of aromatic nitrogens is 1. The normalized spacial score (nSPS) is 15.6. The lowest BCUT2D eigenvalue weighted by Crippen LogP contribution is -2.35. The van der Waals surface area contributed by atoms with Crippen molar-refractivity contribution in [1.29, 1.82) is 0 Å². The molecular formula is C28H29N3O3. The lowest BCUT2D eigenvalue weighted by molar-refractivity contribution is 0.0930. The predicted octanol–water partition coefficient (Wildman–Crippen LogP) is 5.21. The van der Waals surface area contributed by atoms with Crippen molar-refractivity contribution in [3.63, 3.8) is 0 Å². The molecule has 6 nitrogen and oxygen atoms in total. The number of carbonyl (C=O) groups is 1. The van der Waals surface area contributed by atoms with Crippen LogP contribution in [-0.4, -0.2) is 31.1 Å². The number of fused-ring (bicyclic) bond motifs is 1. The van der Waals surface area contributed by atoms with Gasteiger partial charge < -0.3 is 19.8 Å². The van der Waals surface area contributed by atoms with Gasteiger partial charge in [0.25, 0.3) is 5.91 Å². The Bertz CT molecular complexity index is 1300. The Balaban J connectivity index is 0.000000547. The maximum atomic E-state index is 13.2. The molecule has 0 unspecified atom stereocenters. The minimum absolute atomic E-state index is 0.0932. The second kappa shape index (κ2) is 9.31. The summed E-state index contributed by atoms with van der Waals surface area (Å²) in [4.78, 5) is 17.8. The SMILES string of the molecule is C1CNC1.COc1ccc(C)c(C(=O)NC2(c3cc(-c4ccco4)cc4ncccc34)CC2)c1. The smallest absolute Gasteiger partial charge is 0.252 e. The predicted molar refractivity (Wildman–Crippen MR) is 133 cm³/mol. The number of nitrogens with one attached hydrogen (secondary N) is 2. The van der Waals surface area contributed by atoms with E-state index in [-0.39, 0.29) is 5.91 Å². The number of benzene rings is 2. The summed E-state index contributed by atoms with van der Waals surface area (Å²) in [7, 11) is 1.61. The fourth-order valence-corrected chi connectivity index (χ4v) is 4.18. The lowest BCUT2D eigenvalue weighted by Gasteiger charge is -2.21. The minimum atomic E-state index is -0.406. The highest BCUT2D eigenvalue weighted by atomic mass is 16.5. The van der Waals surface area contributed by atoms with Gasteiger partial charge in [-0.15, -0.1) is 0 Å². The molecule has 4 aromatic rings. The van der Waals surface area contributed by atoms with Crippen molar-refractivity contribution in [3.8, 4) is 17.1 Å². The first kappa shape index (κ1) is 22.2.